The first kappa shape index (κ1) is 21.3. The standard InChI is InChI=1S/C13H14N2O9S3/c1-23-26(19,20)12-4-8(7-25(16,17)18)3-10-11(12)5-9(15-14)6-13(10)27(21,22)24-2/h3-6,14H,7H2,1-2H3,(H,16,17,18). The van der Waals surface area contributed by atoms with Crippen molar-refractivity contribution >= 4 is 46.8 Å². The lowest BCUT2D eigenvalue weighted by atomic mass is 10.1. The molecule has 11 nitrogen and oxygen atoms in total. The van der Waals surface area contributed by atoms with Crippen LogP contribution >= 0.6 is 0 Å². The van der Waals surface area contributed by atoms with E-state index in [1.807, 2.05) is 0 Å². The van der Waals surface area contributed by atoms with Gasteiger partial charge in [-0.3, -0.25) is 12.9 Å². The molecule has 2 aromatic carbocycles. The third-order valence-electron chi connectivity index (χ3n) is 3.49. The van der Waals surface area contributed by atoms with Gasteiger partial charge in [-0.1, -0.05) is 0 Å². The Morgan fingerprint density at radius 3 is 1.81 bits per heavy atom. The van der Waals surface area contributed by atoms with Crippen LogP contribution in [0.5, 0.6) is 0 Å². The van der Waals surface area contributed by atoms with E-state index in [2.05, 4.69) is 13.5 Å². The maximum atomic E-state index is 12.3. The summed E-state index contributed by atoms with van der Waals surface area (Å²) in [6.07, 6.45) is 0. The van der Waals surface area contributed by atoms with Crippen molar-refractivity contribution in [2.45, 2.75) is 15.5 Å². The second-order valence-electron chi connectivity index (χ2n) is 5.21. The molecule has 0 aliphatic carbocycles. The molecule has 0 aliphatic rings. The van der Waals surface area contributed by atoms with Crippen molar-refractivity contribution in [1.29, 1.82) is 5.53 Å². The van der Waals surface area contributed by atoms with Gasteiger partial charge in [-0.05, 0) is 29.8 Å². The lowest BCUT2D eigenvalue weighted by molar-refractivity contribution is 0.397. The van der Waals surface area contributed by atoms with Crippen LogP contribution in [0, 0.1) is 5.53 Å². The van der Waals surface area contributed by atoms with Gasteiger partial charge in [0.25, 0.3) is 30.4 Å². The molecule has 0 aromatic heterocycles. The molecule has 0 saturated carbocycles. The topological polar surface area (TPSA) is 177 Å². The molecule has 0 heterocycles. The first-order chi connectivity index (χ1) is 12.3. The van der Waals surface area contributed by atoms with Crippen molar-refractivity contribution in [3.05, 3.63) is 29.8 Å². The summed E-state index contributed by atoms with van der Waals surface area (Å²) >= 11 is 0. The van der Waals surface area contributed by atoms with Crippen LogP contribution in [0.4, 0.5) is 5.69 Å². The molecule has 2 aromatic rings. The largest absolute Gasteiger partial charge is 0.297 e. The predicted molar refractivity (Wildman–Crippen MR) is 92.4 cm³/mol. The van der Waals surface area contributed by atoms with E-state index in [4.69, 9.17) is 10.1 Å². The van der Waals surface area contributed by atoms with Gasteiger partial charge in [0.15, 0.2) is 0 Å². The number of nitrogens with one attached hydrogen (secondary N) is 1. The molecule has 0 bridgehead atoms. The fourth-order valence-corrected chi connectivity index (χ4v) is 4.77. The van der Waals surface area contributed by atoms with Crippen LogP contribution in [0.1, 0.15) is 5.56 Å². The van der Waals surface area contributed by atoms with Gasteiger partial charge in [-0.25, -0.2) is 5.53 Å². The fourth-order valence-electron chi connectivity index (χ4n) is 2.39. The highest BCUT2D eigenvalue weighted by Crippen LogP contribution is 2.35. The fraction of sp³-hybridized carbons (Fsp3) is 0.231. The zero-order chi connectivity index (χ0) is 20.6. The molecule has 2 rings (SSSR count). The average molecular weight is 438 g/mol. The molecule has 27 heavy (non-hydrogen) atoms. The molecule has 0 fully saturated rings. The quantitative estimate of drug-likeness (QED) is 0.369. The van der Waals surface area contributed by atoms with Gasteiger partial charge in [0.1, 0.15) is 15.5 Å². The summed E-state index contributed by atoms with van der Waals surface area (Å²) in [4.78, 5) is -1.09. The summed E-state index contributed by atoms with van der Waals surface area (Å²) in [7, 11) is -11.6. The smallest absolute Gasteiger partial charge is 0.285 e. The minimum Gasteiger partial charge on any atom is -0.285 e. The van der Waals surface area contributed by atoms with E-state index in [0.717, 1.165) is 38.5 Å². The Morgan fingerprint density at radius 1 is 0.889 bits per heavy atom. The predicted octanol–water partition coefficient (Wildman–Crippen LogP) is 1.56. The maximum Gasteiger partial charge on any atom is 0.297 e. The van der Waals surface area contributed by atoms with Crippen molar-refractivity contribution in [2.24, 2.45) is 5.11 Å². The molecule has 148 valence electrons. The molecule has 0 amide bonds. The minimum absolute atomic E-state index is 0.180. The molecule has 0 unspecified atom stereocenters. The number of hydrogen-bond acceptors (Lipinski definition) is 10. The van der Waals surface area contributed by atoms with Crippen LogP contribution in [0.15, 0.2) is 39.2 Å². The van der Waals surface area contributed by atoms with Crippen LogP contribution in [0.25, 0.3) is 10.8 Å². The molecule has 0 radical (unpaired) electrons. The van der Waals surface area contributed by atoms with Gasteiger partial charge in [-0.2, -0.15) is 30.4 Å². The summed E-state index contributed by atoms with van der Waals surface area (Å²) in [5.41, 5.74) is 6.71. The second kappa shape index (κ2) is 7.21. The van der Waals surface area contributed by atoms with Crippen LogP contribution < -0.4 is 0 Å². The van der Waals surface area contributed by atoms with E-state index < -0.39 is 45.9 Å². The van der Waals surface area contributed by atoms with E-state index in [0.29, 0.717) is 0 Å². The summed E-state index contributed by atoms with van der Waals surface area (Å²) in [5.74, 6) is -0.966. The van der Waals surface area contributed by atoms with Crippen molar-refractivity contribution in [2.75, 3.05) is 14.2 Å². The average Bonchev–Trinajstić information content (AvgIpc) is 2.58. The van der Waals surface area contributed by atoms with Gasteiger partial charge in [0.2, 0.25) is 0 Å². The number of benzene rings is 2. The Balaban J connectivity index is 3.11. The zero-order valence-electron chi connectivity index (χ0n) is 13.9. The monoisotopic (exact) mass is 438 g/mol. The number of fused-ring (bicyclic) bond motifs is 1. The third kappa shape index (κ3) is 4.48. The minimum atomic E-state index is -4.55. The highest BCUT2D eigenvalue weighted by atomic mass is 32.2. The summed E-state index contributed by atoms with van der Waals surface area (Å²) < 4.78 is 89.4. The van der Waals surface area contributed by atoms with Gasteiger partial charge in [0.05, 0.1) is 19.9 Å². The molecule has 0 aliphatic heterocycles. The van der Waals surface area contributed by atoms with Crippen LogP contribution in [-0.2, 0) is 44.5 Å². The van der Waals surface area contributed by atoms with E-state index in [1.54, 1.807) is 0 Å². The van der Waals surface area contributed by atoms with E-state index in [9.17, 15) is 25.3 Å². The van der Waals surface area contributed by atoms with E-state index in [-0.39, 0.29) is 22.0 Å². The maximum absolute atomic E-state index is 12.3. The molecular weight excluding hydrogens is 424 g/mol. The summed E-state index contributed by atoms with van der Waals surface area (Å²) in [5, 5.41) is 2.73. The highest BCUT2D eigenvalue weighted by Gasteiger charge is 2.25. The first-order valence-corrected chi connectivity index (χ1v) is 11.3. The van der Waals surface area contributed by atoms with Crippen molar-refractivity contribution < 1.29 is 38.2 Å². The SMILES string of the molecule is COS(=O)(=O)c1cc(N=N)cc2c(S(=O)(=O)OC)cc(CS(=O)(=O)O)cc12. The molecular formula is C13H14N2O9S3. The lowest BCUT2D eigenvalue weighted by Crippen LogP contribution is -2.09. The molecule has 0 atom stereocenters. The molecule has 0 saturated heterocycles. The molecule has 0 spiro atoms. The van der Waals surface area contributed by atoms with Gasteiger partial charge in [-0.15, -0.1) is 0 Å². The Kier molecular flexibility index (Phi) is 5.70. The third-order valence-corrected chi connectivity index (χ3v) is 6.82. The van der Waals surface area contributed by atoms with E-state index >= 15 is 0 Å². The van der Waals surface area contributed by atoms with Crippen LogP contribution in [-0.4, -0.2) is 44.0 Å². The van der Waals surface area contributed by atoms with Crippen LogP contribution in [0.2, 0.25) is 0 Å². The van der Waals surface area contributed by atoms with Gasteiger partial charge in [0, 0.05) is 10.8 Å². The Hall–Kier alpha value is -1.97. The normalized spacial score (nSPS) is 13.0. The number of hydrogen-bond donors (Lipinski definition) is 2. The van der Waals surface area contributed by atoms with E-state index in [1.165, 1.54) is 0 Å². The van der Waals surface area contributed by atoms with Crippen molar-refractivity contribution in [1.82, 2.24) is 0 Å². The van der Waals surface area contributed by atoms with Crippen molar-refractivity contribution in [3.8, 4) is 0 Å². The molecule has 2 N–H and O–H groups in total. The Bertz CT molecular complexity index is 1230. The zero-order valence-corrected chi connectivity index (χ0v) is 16.4. The molecule has 14 heteroatoms. The van der Waals surface area contributed by atoms with Gasteiger partial charge < -0.3 is 0 Å². The Morgan fingerprint density at radius 2 is 1.37 bits per heavy atom. The lowest BCUT2D eigenvalue weighted by Gasteiger charge is -2.13. The second-order valence-corrected chi connectivity index (χ2v) is 10.0. The highest BCUT2D eigenvalue weighted by molar-refractivity contribution is 7.87. The first-order valence-electron chi connectivity index (χ1n) is 6.89. The summed E-state index contributed by atoms with van der Waals surface area (Å²) in [6, 6.07) is 4.10. The van der Waals surface area contributed by atoms with Crippen molar-refractivity contribution in [3.63, 3.8) is 0 Å². The van der Waals surface area contributed by atoms with Gasteiger partial charge >= 0.3 is 0 Å². The number of nitrogens with zero attached hydrogens (tertiary/aromatic N) is 1. The number of rotatable bonds is 7. The Labute approximate surface area is 155 Å². The summed E-state index contributed by atoms with van der Waals surface area (Å²) in [6.45, 7) is 0. The van der Waals surface area contributed by atoms with Crippen LogP contribution in [0.3, 0.4) is 0 Å².